The fourth-order valence-corrected chi connectivity index (χ4v) is 4.04. The maximum atomic E-state index is 14.6. The molecule has 36 heavy (non-hydrogen) atoms. The van der Waals surface area contributed by atoms with Crippen LogP contribution < -0.4 is 10.1 Å². The molecule has 1 saturated carbocycles. The van der Waals surface area contributed by atoms with Crippen LogP contribution in [0, 0.1) is 17.7 Å². The van der Waals surface area contributed by atoms with E-state index in [9.17, 15) is 31.7 Å². The molecule has 1 amide bonds. The second-order valence-corrected chi connectivity index (χ2v) is 10.5. The van der Waals surface area contributed by atoms with Crippen molar-refractivity contribution >= 4 is 21.3 Å². The van der Waals surface area contributed by atoms with Crippen molar-refractivity contribution in [1.29, 1.82) is 4.78 Å². The molecule has 1 aromatic carbocycles. The van der Waals surface area contributed by atoms with Crippen LogP contribution in [0.1, 0.15) is 40.2 Å². The molecule has 1 fully saturated rings. The molecule has 3 aromatic rings. The molecule has 1 aliphatic rings. The number of carbonyl (C=O) groups excluding carboxylic acids is 1. The number of carbonyl (C=O) groups is 1. The van der Waals surface area contributed by atoms with E-state index in [4.69, 9.17) is 9.52 Å². The number of aromatic nitrogens is 3. The van der Waals surface area contributed by atoms with Gasteiger partial charge in [-0.2, -0.15) is 17.6 Å². The third-order valence-corrected chi connectivity index (χ3v) is 6.60. The second kappa shape index (κ2) is 8.78. The van der Waals surface area contributed by atoms with Crippen LogP contribution in [0.25, 0.3) is 0 Å². The topological polar surface area (TPSA) is 138 Å². The van der Waals surface area contributed by atoms with Crippen LogP contribution in [0.2, 0.25) is 0 Å². The lowest BCUT2D eigenvalue weighted by Crippen LogP contribution is -2.21. The Balaban J connectivity index is 1.73. The number of benzene rings is 1. The predicted molar refractivity (Wildman–Crippen MR) is 119 cm³/mol. The van der Waals surface area contributed by atoms with Gasteiger partial charge >= 0.3 is 6.18 Å². The van der Waals surface area contributed by atoms with E-state index in [0.717, 1.165) is 13.0 Å². The molecule has 2 aromatic heterocycles. The van der Waals surface area contributed by atoms with Gasteiger partial charge in [0.05, 0.1) is 15.4 Å². The van der Waals surface area contributed by atoms with E-state index >= 15 is 0 Å². The maximum Gasteiger partial charge on any atom is 0.435 e. The number of nitrogens with zero attached hydrogens (tertiary/aromatic N) is 3. The van der Waals surface area contributed by atoms with Crippen LogP contribution in [-0.4, -0.2) is 36.7 Å². The van der Waals surface area contributed by atoms with Gasteiger partial charge in [0, 0.05) is 16.8 Å². The molecule has 1 atom stereocenters. The van der Waals surface area contributed by atoms with Gasteiger partial charge < -0.3 is 15.2 Å². The first-order valence-electron chi connectivity index (χ1n) is 10.4. The van der Waals surface area contributed by atoms with Crippen molar-refractivity contribution < 1.29 is 36.4 Å². The van der Waals surface area contributed by atoms with Gasteiger partial charge in [-0.1, -0.05) is 6.07 Å². The molecule has 1 aliphatic carbocycles. The summed E-state index contributed by atoms with van der Waals surface area (Å²) in [7, 11) is -3.14. The zero-order valence-electron chi connectivity index (χ0n) is 18.8. The number of pyridine rings is 1. The summed E-state index contributed by atoms with van der Waals surface area (Å²) >= 11 is 0. The quantitative estimate of drug-likeness (QED) is 0.320. The Hall–Kier alpha value is -3.65. The average molecular weight is 525 g/mol. The molecule has 0 saturated heterocycles. The molecule has 4 rings (SSSR count). The highest BCUT2D eigenvalue weighted by Gasteiger charge is 2.44. The third kappa shape index (κ3) is 5.14. The fraction of sp³-hybridized carbons (Fsp3) is 0.273. The number of ether oxygens (including phenoxy) is 1. The number of nitrogens with one attached hydrogen (secondary N) is 2. The van der Waals surface area contributed by atoms with E-state index in [1.54, 1.807) is 0 Å². The monoisotopic (exact) mass is 525 g/mol. The van der Waals surface area contributed by atoms with Gasteiger partial charge in [0.15, 0.2) is 11.4 Å². The predicted octanol–water partition coefficient (Wildman–Crippen LogP) is 4.40. The van der Waals surface area contributed by atoms with Crippen molar-refractivity contribution in [2.75, 3.05) is 11.6 Å². The summed E-state index contributed by atoms with van der Waals surface area (Å²) in [6.45, 7) is 0.985. The molecule has 14 heteroatoms. The Bertz CT molecular complexity index is 1470. The molecule has 0 spiro atoms. The van der Waals surface area contributed by atoms with Crippen LogP contribution in [0.5, 0.6) is 11.6 Å². The van der Waals surface area contributed by atoms with Gasteiger partial charge in [-0.3, -0.25) is 4.79 Å². The molecule has 3 N–H and O–H groups in total. The Morgan fingerprint density at radius 2 is 1.92 bits per heavy atom. The minimum atomic E-state index is -4.95. The number of anilines is 1. The summed E-state index contributed by atoms with van der Waals surface area (Å²) in [5.41, 5.74) is -3.86. The molecule has 190 valence electrons. The van der Waals surface area contributed by atoms with Crippen molar-refractivity contribution in [3.05, 3.63) is 64.9 Å². The highest BCUT2D eigenvalue weighted by molar-refractivity contribution is 7.91. The van der Waals surface area contributed by atoms with Crippen molar-refractivity contribution in [3.8, 4) is 11.6 Å². The lowest BCUT2D eigenvalue weighted by molar-refractivity contribution is -0.142. The summed E-state index contributed by atoms with van der Waals surface area (Å²) in [5, 5.41) is 18.9. The highest BCUT2D eigenvalue weighted by atomic mass is 32.2. The molecule has 0 aliphatic heterocycles. The minimum absolute atomic E-state index is 0.0462. The van der Waals surface area contributed by atoms with Gasteiger partial charge in [0.25, 0.3) is 17.7 Å². The summed E-state index contributed by atoms with van der Waals surface area (Å²) < 4.78 is 80.0. The Kier molecular flexibility index (Phi) is 6.21. The number of halogens is 4. The third-order valence-electron chi connectivity index (χ3n) is 5.44. The summed E-state index contributed by atoms with van der Waals surface area (Å²) in [6, 6.07) is 7.84. The summed E-state index contributed by atoms with van der Waals surface area (Å²) in [4.78, 5) is 16.8. The first-order chi connectivity index (χ1) is 16.7. The Morgan fingerprint density at radius 1 is 1.22 bits per heavy atom. The van der Waals surface area contributed by atoms with Crippen molar-refractivity contribution in [2.45, 2.75) is 36.4 Å². The van der Waals surface area contributed by atoms with Crippen LogP contribution in [0.4, 0.5) is 23.2 Å². The zero-order chi connectivity index (χ0) is 26.5. The standard InChI is InChI=1S/C22H19F4N5O4S/c1-11-16(19(32)28-12-4-3-5-13(10-12)36(2,27)34)20(31-30-17(11)22(24,25)26)35-14-6-7-15(29-18(14)23)21(33)8-9-21/h3-7,10,27,33H,8-9H2,1-2H3,(H,28,32). The number of hydrogen-bond donors (Lipinski definition) is 3. The van der Waals surface area contributed by atoms with Gasteiger partial charge in [-0.15, -0.1) is 10.2 Å². The Labute approximate surface area is 202 Å². The largest absolute Gasteiger partial charge is 0.435 e. The lowest BCUT2D eigenvalue weighted by atomic mass is 10.1. The second-order valence-electron chi connectivity index (χ2n) is 8.30. The normalized spacial score (nSPS) is 16.2. The fourth-order valence-electron chi connectivity index (χ4n) is 3.35. The van der Waals surface area contributed by atoms with E-state index in [0.29, 0.717) is 12.8 Å². The van der Waals surface area contributed by atoms with E-state index in [2.05, 4.69) is 20.5 Å². The Morgan fingerprint density at radius 3 is 2.50 bits per heavy atom. The number of hydrogen-bond acceptors (Lipinski definition) is 8. The van der Waals surface area contributed by atoms with Crippen molar-refractivity contribution in [3.63, 3.8) is 0 Å². The van der Waals surface area contributed by atoms with Crippen LogP contribution in [0.15, 0.2) is 41.3 Å². The van der Waals surface area contributed by atoms with Crippen molar-refractivity contribution in [1.82, 2.24) is 15.2 Å². The minimum Gasteiger partial charge on any atom is -0.432 e. The number of alkyl halides is 3. The van der Waals surface area contributed by atoms with E-state index in [1.165, 1.54) is 36.6 Å². The summed E-state index contributed by atoms with van der Waals surface area (Å²) in [6.07, 6.45) is -2.97. The lowest BCUT2D eigenvalue weighted by Gasteiger charge is -2.16. The molecule has 1 unspecified atom stereocenters. The van der Waals surface area contributed by atoms with Gasteiger partial charge in [0.1, 0.15) is 11.2 Å². The zero-order valence-corrected chi connectivity index (χ0v) is 19.6. The number of amides is 1. The first kappa shape index (κ1) is 25.4. The van der Waals surface area contributed by atoms with Crippen LogP contribution in [0.3, 0.4) is 0 Å². The van der Waals surface area contributed by atoms with E-state index in [1.807, 2.05) is 0 Å². The van der Waals surface area contributed by atoms with E-state index in [-0.39, 0.29) is 16.3 Å². The SMILES string of the molecule is Cc1c(C(F)(F)F)nnc(Oc2ccc(C3(O)CC3)nc2F)c1C(=O)Nc1cccc(S(C)(=N)=O)c1. The first-order valence-corrected chi connectivity index (χ1v) is 12.3. The molecule has 0 bridgehead atoms. The maximum absolute atomic E-state index is 14.6. The average Bonchev–Trinajstić information content (AvgIpc) is 3.52. The van der Waals surface area contributed by atoms with E-state index < -0.39 is 61.8 Å². The molecular weight excluding hydrogens is 506 g/mol. The highest BCUT2D eigenvalue weighted by Crippen LogP contribution is 2.45. The van der Waals surface area contributed by atoms with Gasteiger partial charge in [0.2, 0.25) is 0 Å². The number of aliphatic hydroxyl groups is 1. The molecule has 0 radical (unpaired) electrons. The molecular formula is C22H19F4N5O4S. The van der Waals surface area contributed by atoms with Crippen molar-refractivity contribution in [2.24, 2.45) is 0 Å². The van der Waals surface area contributed by atoms with Crippen LogP contribution in [-0.2, 0) is 21.5 Å². The summed E-state index contributed by atoms with van der Waals surface area (Å²) in [5.74, 6) is -3.52. The molecule has 2 heterocycles. The number of rotatable bonds is 6. The smallest absolute Gasteiger partial charge is 0.432 e. The van der Waals surface area contributed by atoms with Gasteiger partial charge in [-0.05, 0) is 55.7 Å². The molecule has 9 nitrogen and oxygen atoms in total. The van der Waals surface area contributed by atoms with Gasteiger partial charge in [-0.25, -0.2) is 14.0 Å². The van der Waals surface area contributed by atoms with Crippen LogP contribution >= 0.6 is 0 Å².